The number of carbonyl (C=O) groups is 3. The van der Waals surface area contributed by atoms with Crippen LogP contribution in [-0.2, 0) is 41.6 Å². The van der Waals surface area contributed by atoms with Crippen molar-refractivity contribution in [3.8, 4) is 0 Å². The van der Waals surface area contributed by atoms with Crippen molar-refractivity contribution in [2.24, 2.45) is 23.7 Å². The number of allylic oxidation sites excluding steroid dienone is 5. The van der Waals surface area contributed by atoms with Gasteiger partial charge in [-0.3, -0.25) is 9.59 Å². The first-order valence-corrected chi connectivity index (χ1v) is 21.6. The number of Topliss-reactive ketones (excluding diaryl/α,β-unsaturated/α-hetero) is 1. The van der Waals surface area contributed by atoms with Crippen molar-refractivity contribution in [2.45, 2.75) is 149 Å². The molecule has 10 nitrogen and oxygen atoms in total. The first kappa shape index (κ1) is 46.5. The lowest BCUT2D eigenvalue weighted by Gasteiger charge is -2.42. The fourth-order valence-electron chi connectivity index (χ4n) is 8.09. The Morgan fingerprint density at radius 1 is 1.02 bits per heavy atom. The molecule has 0 saturated carbocycles. The number of fused-ring (bicyclic) bond motifs is 3. The topological polar surface area (TPSA) is 143 Å². The zero-order valence-corrected chi connectivity index (χ0v) is 36.0. The monoisotopic (exact) mass is 809 g/mol. The number of rotatable bonds is 5. The van der Waals surface area contributed by atoms with Crippen LogP contribution in [0.5, 0.6) is 0 Å². The fraction of sp³-hybridized carbons (Fsp3) is 0.630. The van der Waals surface area contributed by atoms with Crippen LogP contribution >= 0.6 is 11.3 Å². The summed E-state index contributed by atoms with van der Waals surface area (Å²) in [6, 6.07) is 2.84. The summed E-state index contributed by atoms with van der Waals surface area (Å²) in [5.41, 5.74) is 2.66. The van der Waals surface area contributed by atoms with Crippen molar-refractivity contribution in [3.63, 3.8) is 0 Å². The van der Waals surface area contributed by atoms with Crippen molar-refractivity contribution < 1.29 is 43.9 Å². The van der Waals surface area contributed by atoms with Gasteiger partial charge in [-0.05, 0) is 106 Å². The van der Waals surface area contributed by atoms with Gasteiger partial charge in [-0.15, -0.1) is 11.3 Å². The van der Waals surface area contributed by atoms with Crippen LogP contribution in [0.25, 0.3) is 0 Å². The lowest BCUT2D eigenvalue weighted by atomic mass is 9.85. The Kier molecular flexibility index (Phi) is 17.7. The lowest BCUT2D eigenvalue weighted by molar-refractivity contribution is -0.265. The highest BCUT2D eigenvalue weighted by Crippen LogP contribution is 2.37. The largest absolute Gasteiger partial charge is 0.460 e. The van der Waals surface area contributed by atoms with Gasteiger partial charge in [-0.1, -0.05) is 76.3 Å². The summed E-state index contributed by atoms with van der Waals surface area (Å²) in [5, 5.41) is 32.8. The number of hydrogen-bond acceptors (Lipinski definition) is 10. The second-order valence-corrected chi connectivity index (χ2v) is 18.0. The molecule has 3 N–H and O–H groups in total. The predicted octanol–water partition coefficient (Wildman–Crippen LogP) is 7.57. The third-order valence-electron chi connectivity index (χ3n) is 12.2. The smallest absolute Gasteiger partial charge is 0.329 e. The maximum Gasteiger partial charge on any atom is 0.329 e. The van der Waals surface area contributed by atoms with E-state index in [1.807, 2.05) is 63.3 Å². The molecule has 4 rings (SSSR count). The molecule has 0 aliphatic carbocycles. The molecule has 3 aliphatic rings. The quantitative estimate of drug-likeness (QED) is 0.156. The highest BCUT2D eigenvalue weighted by atomic mass is 32.1. The Labute approximate surface area is 344 Å². The van der Waals surface area contributed by atoms with Gasteiger partial charge in [0.25, 0.3) is 11.7 Å². The minimum atomic E-state index is -2.36. The maximum absolute atomic E-state index is 14.2. The van der Waals surface area contributed by atoms with Gasteiger partial charge in [0.2, 0.25) is 5.79 Å². The van der Waals surface area contributed by atoms with Crippen LogP contribution in [0.3, 0.4) is 0 Å². The van der Waals surface area contributed by atoms with Crippen LogP contribution in [-0.4, -0.2) is 87.8 Å². The van der Waals surface area contributed by atoms with Crippen molar-refractivity contribution >= 4 is 29.0 Å². The maximum atomic E-state index is 14.2. The molecule has 1 unspecified atom stereocenters. The molecule has 11 heteroatoms. The number of aliphatic hydroxyl groups excluding tert-OH is 2. The Morgan fingerprint density at radius 2 is 1.75 bits per heavy atom. The number of esters is 1. The van der Waals surface area contributed by atoms with Crippen LogP contribution < -0.4 is 0 Å². The van der Waals surface area contributed by atoms with Crippen LogP contribution in [0, 0.1) is 23.7 Å². The first-order valence-electron chi connectivity index (χ1n) is 20.8. The highest BCUT2D eigenvalue weighted by molar-refractivity contribution is 7.11. The number of thiophene rings is 1. The summed E-state index contributed by atoms with van der Waals surface area (Å²) in [6.07, 6.45) is 14.9. The molecule has 1 aromatic rings. The SMILES string of the molecule is C=C1C[C@H](O)/C(C)=C/CC([C@H](C)Cc2ccc(CO)s2)OC(=O)[C@@H]2CCCCN2C(=O)C(=O)[C@]2(O)O[C@@H](CC[C@H]2C)C[C@H](OC)/C(C)=C/C=C/C=C/[C@@H](C)C[C@H]1C. The number of ketones is 1. The van der Waals surface area contributed by atoms with Crippen LogP contribution in [0.2, 0.25) is 0 Å². The Balaban J connectivity index is 1.66. The highest BCUT2D eigenvalue weighted by Gasteiger charge is 2.53. The zero-order valence-electron chi connectivity index (χ0n) is 35.2. The van der Waals surface area contributed by atoms with E-state index in [0.717, 1.165) is 32.9 Å². The summed E-state index contributed by atoms with van der Waals surface area (Å²) in [7, 11) is 1.61. The van der Waals surface area contributed by atoms with Crippen molar-refractivity contribution in [2.75, 3.05) is 13.7 Å². The molecule has 1 aromatic heterocycles. The molecule has 2 saturated heterocycles. The van der Waals surface area contributed by atoms with E-state index in [1.54, 1.807) is 14.0 Å². The Morgan fingerprint density at radius 3 is 2.46 bits per heavy atom. The minimum Gasteiger partial charge on any atom is -0.460 e. The average Bonchev–Trinajstić information content (AvgIpc) is 3.65. The number of hydrogen-bond donors (Lipinski definition) is 3. The summed E-state index contributed by atoms with van der Waals surface area (Å²) >= 11 is 1.50. The molecule has 3 aliphatic heterocycles. The second-order valence-electron chi connectivity index (χ2n) is 16.8. The van der Waals surface area contributed by atoms with E-state index >= 15 is 0 Å². The normalized spacial score (nSPS) is 35.8. The van der Waals surface area contributed by atoms with Gasteiger partial charge >= 0.3 is 5.97 Å². The molecule has 1 amide bonds. The molecule has 0 aromatic carbocycles. The molecule has 0 spiro atoms. The van der Waals surface area contributed by atoms with E-state index in [9.17, 15) is 29.7 Å². The van der Waals surface area contributed by atoms with Crippen molar-refractivity contribution in [3.05, 3.63) is 81.6 Å². The molecule has 2 bridgehead atoms. The molecule has 0 radical (unpaired) electrons. The number of amides is 1. The second kappa shape index (κ2) is 21.7. The zero-order chi connectivity index (χ0) is 41.9. The number of nitrogens with zero attached hydrogens (tertiary/aromatic N) is 1. The van der Waals surface area contributed by atoms with Crippen LogP contribution in [0.15, 0.2) is 71.9 Å². The molecule has 10 atom stereocenters. The first-order chi connectivity index (χ1) is 27.1. The van der Waals surface area contributed by atoms with Gasteiger partial charge in [0, 0.05) is 42.2 Å². The summed E-state index contributed by atoms with van der Waals surface area (Å²) < 4.78 is 18.2. The summed E-state index contributed by atoms with van der Waals surface area (Å²) in [6.45, 7) is 16.3. The van der Waals surface area contributed by atoms with Gasteiger partial charge in [-0.25, -0.2) is 4.79 Å². The summed E-state index contributed by atoms with van der Waals surface area (Å²) in [4.78, 5) is 45.4. The van der Waals surface area contributed by atoms with Crippen LogP contribution in [0.4, 0.5) is 0 Å². The molecule has 4 heterocycles. The van der Waals surface area contributed by atoms with Gasteiger partial charge in [0.1, 0.15) is 12.1 Å². The number of aliphatic hydroxyl groups is 3. The standard InChI is InChI=1S/C46H67NO9S/c1-29-14-10-9-11-15-31(3)42(54-8)27-36-19-18-35(7)46(53,56-36)43(50)44(51)47-23-13-12-16-39(47)45(52)55-41(34(6)25-37-20-21-38(28-48)57-37)22-17-30(2)40(49)26-33(5)32(4)24-29/h9-11,14-15,17,20-21,29,32,34-36,39-42,48-49,53H,5,12-13,16,18-19,22-28H2,1-4,6-8H3/b11-9+,14-10+,30-17+,31-15+/t29-,32-,34-,35-,36+,39+,40+,41?,42+,46-/m1/s1. The van der Waals surface area contributed by atoms with Gasteiger partial charge in [0.15, 0.2) is 0 Å². The van der Waals surface area contributed by atoms with E-state index in [1.165, 1.54) is 16.2 Å². The van der Waals surface area contributed by atoms with Gasteiger partial charge < -0.3 is 34.4 Å². The van der Waals surface area contributed by atoms with Gasteiger partial charge in [0.05, 0.1) is 24.9 Å². The Hall–Kier alpha value is -3.19. The third kappa shape index (κ3) is 12.7. The van der Waals surface area contributed by atoms with Crippen molar-refractivity contribution in [1.82, 2.24) is 4.90 Å². The summed E-state index contributed by atoms with van der Waals surface area (Å²) in [5.74, 6) is -5.34. The number of ether oxygens (including phenoxy) is 3. The number of carbonyl (C=O) groups excluding carboxylic acids is 3. The molecule has 316 valence electrons. The number of methoxy groups -OCH3 is 1. The van der Waals surface area contributed by atoms with E-state index in [2.05, 4.69) is 26.5 Å². The Bertz CT molecular complexity index is 1660. The van der Waals surface area contributed by atoms with Gasteiger partial charge in [-0.2, -0.15) is 0 Å². The fourth-order valence-corrected chi connectivity index (χ4v) is 9.11. The molecule has 2 fully saturated rings. The predicted molar refractivity (Wildman–Crippen MR) is 224 cm³/mol. The molecule has 57 heavy (non-hydrogen) atoms. The van der Waals surface area contributed by atoms with E-state index < -0.39 is 53.7 Å². The van der Waals surface area contributed by atoms with Crippen LogP contribution in [0.1, 0.15) is 109 Å². The number of cyclic esters (lactones) is 1. The average molecular weight is 810 g/mol. The molecular formula is C46H67NO9S. The third-order valence-corrected chi connectivity index (χ3v) is 13.2. The van der Waals surface area contributed by atoms with Crippen molar-refractivity contribution in [1.29, 1.82) is 0 Å². The lowest BCUT2D eigenvalue weighted by Crippen LogP contribution is -2.61. The van der Waals surface area contributed by atoms with E-state index in [0.29, 0.717) is 57.8 Å². The minimum absolute atomic E-state index is 0.0529. The number of piperidine rings is 1. The molecular weight excluding hydrogens is 743 g/mol. The van der Waals surface area contributed by atoms with E-state index in [-0.39, 0.29) is 37.0 Å². The van der Waals surface area contributed by atoms with E-state index in [4.69, 9.17) is 14.2 Å².